The quantitative estimate of drug-likeness (QED) is 0.885. The Morgan fingerprint density at radius 3 is 2.72 bits per heavy atom. The van der Waals surface area contributed by atoms with Gasteiger partial charge in [-0.15, -0.1) is 0 Å². The van der Waals surface area contributed by atoms with Crippen LogP contribution in [0.1, 0.15) is 30.3 Å². The van der Waals surface area contributed by atoms with Crippen LogP contribution in [0, 0.1) is 0 Å². The predicted octanol–water partition coefficient (Wildman–Crippen LogP) is 1.37. The lowest BCUT2D eigenvalue weighted by Gasteiger charge is -2.35. The minimum atomic E-state index is -0.0343. The third-order valence-electron chi connectivity index (χ3n) is 4.83. The number of methoxy groups -OCH3 is 1. The molecule has 4 rings (SSSR count). The third-order valence-corrected chi connectivity index (χ3v) is 4.83. The Morgan fingerprint density at radius 2 is 2.00 bits per heavy atom. The first-order valence-electron chi connectivity index (χ1n) is 8.78. The number of aromatic amines is 1. The number of aromatic nitrogens is 3. The molecule has 1 aliphatic carbocycles. The molecule has 0 atom stereocenters. The fourth-order valence-electron chi connectivity index (χ4n) is 3.24. The number of hydrogen-bond acceptors (Lipinski definition) is 6. The molecule has 2 aromatic heterocycles. The van der Waals surface area contributed by atoms with Crippen molar-refractivity contribution in [1.82, 2.24) is 19.9 Å². The Labute approximate surface area is 146 Å². The lowest BCUT2D eigenvalue weighted by molar-refractivity contribution is 0.246. The second-order valence-corrected chi connectivity index (χ2v) is 6.74. The first kappa shape index (κ1) is 16.1. The molecule has 3 heterocycles. The van der Waals surface area contributed by atoms with E-state index in [4.69, 9.17) is 4.74 Å². The van der Waals surface area contributed by atoms with Crippen molar-refractivity contribution in [2.24, 2.45) is 0 Å². The van der Waals surface area contributed by atoms with Gasteiger partial charge in [0.1, 0.15) is 11.6 Å². The van der Waals surface area contributed by atoms with Crippen LogP contribution in [0.25, 0.3) is 0 Å². The number of hydrogen-bond donors (Lipinski definition) is 1. The van der Waals surface area contributed by atoms with Gasteiger partial charge in [0.25, 0.3) is 5.56 Å². The summed E-state index contributed by atoms with van der Waals surface area (Å²) in [5, 5.41) is 0. The lowest BCUT2D eigenvalue weighted by Crippen LogP contribution is -2.46. The largest absolute Gasteiger partial charge is 0.495 e. The number of H-pyrrole nitrogens is 1. The van der Waals surface area contributed by atoms with Crippen molar-refractivity contribution < 1.29 is 4.74 Å². The van der Waals surface area contributed by atoms with E-state index in [0.29, 0.717) is 5.92 Å². The summed E-state index contributed by atoms with van der Waals surface area (Å²) in [5.41, 5.74) is 1.93. The molecule has 0 unspecified atom stereocenters. The molecular formula is C18H23N5O2. The second-order valence-electron chi connectivity index (χ2n) is 6.74. The van der Waals surface area contributed by atoms with E-state index in [-0.39, 0.29) is 5.56 Å². The molecule has 1 saturated carbocycles. The molecule has 7 heteroatoms. The van der Waals surface area contributed by atoms with E-state index in [9.17, 15) is 4.79 Å². The Balaban J connectivity index is 1.38. The summed E-state index contributed by atoms with van der Waals surface area (Å²) in [7, 11) is 1.66. The average molecular weight is 341 g/mol. The van der Waals surface area contributed by atoms with E-state index >= 15 is 0 Å². The van der Waals surface area contributed by atoms with E-state index in [1.54, 1.807) is 19.4 Å². The van der Waals surface area contributed by atoms with Gasteiger partial charge in [-0.2, -0.15) is 0 Å². The molecule has 2 aliphatic rings. The second kappa shape index (κ2) is 6.84. The molecule has 0 amide bonds. The van der Waals surface area contributed by atoms with Gasteiger partial charge in [-0.05, 0) is 12.8 Å². The highest BCUT2D eigenvalue weighted by Gasteiger charge is 2.27. The number of piperazine rings is 1. The molecule has 25 heavy (non-hydrogen) atoms. The fraction of sp³-hybridized carbons (Fsp3) is 0.500. The molecule has 0 radical (unpaired) electrons. The summed E-state index contributed by atoms with van der Waals surface area (Å²) >= 11 is 0. The third kappa shape index (κ3) is 3.82. The van der Waals surface area contributed by atoms with E-state index in [1.807, 2.05) is 12.3 Å². The zero-order chi connectivity index (χ0) is 17.2. The van der Waals surface area contributed by atoms with Gasteiger partial charge < -0.3 is 14.6 Å². The van der Waals surface area contributed by atoms with Crippen molar-refractivity contribution in [2.75, 3.05) is 38.2 Å². The maximum absolute atomic E-state index is 11.8. The van der Waals surface area contributed by atoms with Crippen molar-refractivity contribution in [1.29, 1.82) is 0 Å². The van der Waals surface area contributed by atoms with Crippen LogP contribution in [0.15, 0.2) is 29.3 Å². The molecule has 0 bridgehead atoms. The number of pyridine rings is 1. The maximum atomic E-state index is 11.8. The highest BCUT2D eigenvalue weighted by Crippen LogP contribution is 2.37. The summed E-state index contributed by atoms with van der Waals surface area (Å²) in [6, 6.07) is 3.65. The van der Waals surface area contributed by atoms with Crippen LogP contribution in [-0.4, -0.2) is 53.1 Å². The van der Waals surface area contributed by atoms with Crippen LogP contribution in [0.4, 0.5) is 5.69 Å². The Hall–Kier alpha value is -2.41. The molecule has 1 aliphatic heterocycles. The summed E-state index contributed by atoms with van der Waals surface area (Å²) in [6.45, 7) is 4.45. The first-order chi connectivity index (χ1) is 12.2. The summed E-state index contributed by atoms with van der Waals surface area (Å²) < 4.78 is 5.25. The first-order valence-corrected chi connectivity index (χ1v) is 8.78. The highest BCUT2D eigenvalue weighted by atomic mass is 16.5. The SMILES string of the molecule is COc1cncc(N2CCN(Cc3cc(=O)[nH]c(C4CC4)n3)CC2)c1. The van der Waals surface area contributed by atoms with E-state index in [0.717, 1.165) is 68.5 Å². The number of anilines is 1. The number of nitrogens with zero attached hydrogens (tertiary/aromatic N) is 4. The maximum Gasteiger partial charge on any atom is 0.251 e. The molecule has 2 aromatic rings. The number of ether oxygens (including phenoxy) is 1. The van der Waals surface area contributed by atoms with Crippen LogP contribution in [0.2, 0.25) is 0 Å². The topological polar surface area (TPSA) is 74.3 Å². The van der Waals surface area contributed by atoms with E-state index < -0.39 is 0 Å². The standard InChI is InChI=1S/C18H23N5O2/c1-25-16-9-15(10-19-11-16)23-6-4-22(5-7-23)12-14-8-17(24)21-18(20-14)13-2-3-13/h8-11,13H,2-7,12H2,1H3,(H,20,21,24). The van der Waals surface area contributed by atoms with Gasteiger partial charge in [-0.3, -0.25) is 14.7 Å². The smallest absolute Gasteiger partial charge is 0.251 e. The van der Waals surface area contributed by atoms with Crippen LogP contribution in [0.3, 0.4) is 0 Å². The van der Waals surface area contributed by atoms with Gasteiger partial charge >= 0.3 is 0 Å². The Kier molecular flexibility index (Phi) is 4.40. The Morgan fingerprint density at radius 1 is 1.20 bits per heavy atom. The molecule has 1 saturated heterocycles. The predicted molar refractivity (Wildman–Crippen MR) is 95.1 cm³/mol. The normalized spacial score (nSPS) is 18.4. The fourth-order valence-corrected chi connectivity index (χ4v) is 3.24. The van der Waals surface area contributed by atoms with E-state index in [2.05, 4.69) is 24.8 Å². The van der Waals surface area contributed by atoms with Crippen molar-refractivity contribution in [2.45, 2.75) is 25.3 Å². The molecule has 0 aromatic carbocycles. The van der Waals surface area contributed by atoms with E-state index in [1.165, 1.54) is 0 Å². The minimum absolute atomic E-state index is 0.0343. The summed E-state index contributed by atoms with van der Waals surface area (Å²) in [4.78, 5) is 28.3. The van der Waals surface area contributed by atoms with Crippen LogP contribution < -0.4 is 15.2 Å². The van der Waals surface area contributed by atoms with Gasteiger partial charge in [0.2, 0.25) is 0 Å². The van der Waals surface area contributed by atoms with Crippen molar-refractivity contribution in [3.05, 3.63) is 46.4 Å². The van der Waals surface area contributed by atoms with Gasteiger partial charge in [0, 0.05) is 50.8 Å². The van der Waals surface area contributed by atoms with Crippen LogP contribution in [-0.2, 0) is 6.54 Å². The monoisotopic (exact) mass is 341 g/mol. The van der Waals surface area contributed by atoms with Gasteiger partial charge in [0.15, 0.2) is 0 Å². The molecule has 0 spiro atoms. The van der Waals surface area contributed by atoms with Gasteiger partial charge in [-0.1, -0.05) is 0 Å². The van der Waals surface area contributed by atoms with Crippen LogP contribution in [0.5, 0.6) is 5.75 Å². The van der Waals surface area contributed by atoms with Crippen molar-refractivity contribution >= 4 is 5.69 Å². The lowest BCUT2D eigenvalue weighted by atomic mass is 10.2. The van der Waals surface area contributed by atoms with Gasteiger partial charge in [-0.25, -0.2) is 4.98 Å². The number of nitrogens with one attached hydrogen (secondary N) is 1. The summed E-state index contributed by atoms with van der Waals surface area (Å²) in [5.74, 6) is 2.11. The average Bonchev–Trinajstić information content (AvgIpc) is 3.47. The Bertz CT molecular complexity index is 794. The highest BCUT2D eigenvalue weighted by molar-refractivity contribution is 5.48. The molecule has 7 nitrogen and oxygen atoms in total. The zero-order valence-electron chi connectivity index (χ0n) is 14.4. The summed E-state index contributed by atoms with van der Waals surface area (Å²) in [6.07, 6.45) is 5.87. The van der Waals surface area contributed by atoms with Crippen molar-refractivity contribution in [3.63, 3.8) is 0 Å². The van der Waals surface area contributed by atoms with Crippen molar-refractivity contribution in [3.8, 4) is 5.75 Å². The molecule has 132 valence electrons. The van der Waals surface area contributed by atoms with Gasteiger partial charge in [0.05, 0.1) is 30.9 Å². The molecular weight excluding hydrogens is 318 g/mol. The zero-order valence-corrected chi connectivity index (χ0v) is 14.4. The molecule has 1 N–H and O–H groups in total. The van der Waals surface area contributed by atoms with Crippen LogP contribution >= 0.6 is 0 Å². The molecule has 2 fully saturated rings. The minimum Gasteiger partial charge on any atom is -0.495 e. The number of rotatable bonds is 5.